The lowest BCUT2D eigenvalue weighted by atomic mass is 10.1. The predicted octanol–water partition coefficient (Wildman–Crippen LogP) is 1.69. The number of carbonyl (C=O) groups excluding carboxylic acids is 1. The summed E-state index contributed by atoms with van der Waals surface area (Å²) < 4.78 is 42.0. The molecule has 1 saturated heterocycles. The second-order valence-electron chi connectivity index (χ2n) is 6.11. The van der Waals surface area contributed by atoms with E-state index >= 15 is 0 Å². The first-order valence-corrected chi connectivity index (χ1v) is 9.93. The van der Waals surface area contributed by atoms with E-state index in [-0.39, 0.29) is 25.2 Å². The van der Waals surface area contributed by atoms with E-state index in [0.717, 1.165) is 26.5 Å². The normalized spacial score (nSPS) is 18.8. The Bertz CT molecular complexity index is 838. The number of nitrogens with zero attached hydrogens (tertiary/aromatic N) is 2. The van der Waals surface area contributed by atoms with E-state index in [1.165, 1.54) is 7.11 Å². The molecule has 27 heavy (non-hydrogen) atoms. The van der Waals surface area contributed by atoms with Crippen molar-refractivity contribution in [2.24, 2.45) is 4.99 Å². The predicted molar refractivity (Wildman–Crippen MR) is 97.2 cm³/mol. The first-order chi connectivity index (χ1) is 12.9. The Kier molecular flexibility index (Phi) is 5.98. The third-order valence-electron chi connectivity index (χ3n) is 4.44. The zero-order chi connectivity index (χ0) is 19.4. The van der Waals surface area contributed by atoms with Gasteiger partial charge in [-0.05, 0) is 18.9 Å². The van der Waals surface area contributed by atoms with Crippen molar-refractivity contribution in [2.45, 2.75) is 25.3 Å². The Labute approximate surface area is 158 Å². The molecular weight excluding hydrogens is 376 g/mol. The van der Waals surface area contributed by atoms with Crippen molar-refractivity contribution >= 4 is 28.2 Å². The number of carbonyl (C=O) groups is 1. The van der Waals surface area contributed by atoms with Gasteiger partial charge < -0.3 is 14.4 Å². The summed E-state index contributed by atoms with van der Waals surface area (Å²) in [7, 11) is -1.43. The van der Waals surface area contributed by atoms with E-state index < -0.39 is 10.4 Å². The molecule has 0 saturated carbocycles. The molecule has 1 aromatic rings. The molecule has 2 heterocycles. The van der Waals surface area contributed by atoms with Gasteiger partial charge in [-0.25, -0.2) is 4.18 Å². The maximum atomic E-state index is 12.8. The van der Waals surface area contributed by atoms with Gasteiger partial charge in [0.2, 0.25) is 0 Å². The molecule has 10 heteroatoms. The fourth-order valence-electron chi connectivity index (χ4n) is 3.07. The highest BCUT2D eigenvalue weighted by Crippen LogP contribution is 2.38. The van der Waals surface area contributed by atoms with Gasteiger partial charge in [0.25, 0.3) is 5.91 Å². The van der Waals surface area contributed by atoms with Crippen LogP contribution in [-0.2, 0) is 18.8 Å². The molecule has 9 nitrogen and oxygen atoms in total. The lowest BCUT2D eigenvalue weighted by molar-refractivity contribution is 0.0774. The number of ether oxygens (including phenoxy) is 2. The van der Waals surface area contributed by atoms with E-state index in [9.17, 15) is 13.2 Å². The van der Waals surface area contributed by atoms with Crippen LogP contribution in [0.15, 0.2) is 17.1 Å². The molecule has 0 radical (unpaired) electrons. The van der Waals surface area contributed by atoms with Crippen molar-refractivity contribution in [2.75, 3.05) is 34.0 Å². The highest BCUT2D eigenvalue weighted by Gasteiger charge is 2.32. The number of methoxy groups -OCH3 is 1. The minimum Gasteiger partial charge on any atom is -0.493 e. The van der Waals surface area contributed by atoms with Crippen molar-refractivity contribution in [3.63, 3.8) is 0 Å². The number of hydrogen-bond donors (Lipinski definition) is 0. The number of rotatable bonds is 8. The summed E-state index contributed by atoms with van der Waals surface area (Å²) in [5, 5.41) is 0. The summed E-state index contributed by atoms with van der Waals surface area (Å²) in [6.07, 6.45) is 4.00. The zero-order valence-corrected chi connectivity index (χ0v) is 16.0. The van der Waals surface area contributed by atoms with Gasteiger partial charge in [-0.1, -0.05) is 0 Å². The molecule has 1 atom stereocenters. The van der Waals surface area contributed by atoms with E-state index in [4.69, 9.17) is 9.47 Å². The molecule has 0 aliphatic carbocycles. The molecule has 0 spiro atoms. The number of aliphatic imine (C=N–C) groups is 1. The van der Waals surface area contributed by atoms with E-state index in [1.54, 1.807) is 18.3 Å². The highest BCUT2D eigenvalue weighted by molar-refractivity contribution is 7.81. The third kappa shape index (κ3) is 4.40. The summed E-state index contributed by atoms with van der Waals surface area (Å²) in [4.78, 5) is 19.1. The minimum absolute atomic E-state index is 0.0279. The number of amides is 1. The third-order valence-corrected chi connectivity index (χ3v) is 5.30. The van der Waals surface area contributed by atoms with Gasteiger partial charge in [0.15, 0.2) is 11.5 Å². The summed E-state index contributed by atoms with van der Waals surface area (Å²) >= 11 is 0. The number of benzene rings is 1. The topological polar surface area (TPSA) is 104 Å². The second-order valence-corrected chi connectivity index (χ2v) is 7.49. The summed E-state index contributed by atoms with van der Waals surface area (Å²) in [5.41, 5.74) is 1.01. The van der Waals surface area contributed by atoms with Crippen LogP contribution in [0, 0.1) is 0 Å². The average molecular weight is 398 g/mol. The molecule has 0 N–H and O–H groups in total. The standard InChI is InChI=1S/C17H22N2O7S/c1-23-15-9-13-14(18-11-12-5-3-6-19(12)17(13)20)10-16(15)25-7-4-8-26-27(21,22)24-2/h9-12H,3-8H2,1-2H3/t12-/m0/s1. The van der Waals surface area contributed by atoms with Crippen LogP contribution < -0.4 is 9.47 Å². The Morgan fingerprint density at radius 3 is 2.78 bits per heavy atom. The Hall–Kier alpha value is -2.17. The van der Waals surface area contributed by atoms with Gasteiger partial charge in [-0.3, -0.25) is 14.0 Å². The summed E-state index contributed by atoms with van der Waals surface area (Å²) in [6, 6.07) is 3.33. The fraction of sp³-hybridized carbons (Fsp3) is 0.529. The van der Waals surface area contributed by atoms with Crippen LogP contribution >= 0.6 is 0 Å². The molecule has 2 aliphatic rings. The first kappa shape index (κ1) is 19.6. The molecule has 1 aromatic carbocycles. The van der Waals surface area contributed by atoms with Crippen molar-refractivity contribution < 1.29 is 31.1 Å². The summed E-state index contributed by atoms with van der Waals surface area (Å²) in [6.45, 7) is 0.845. The van der Waals surface area contributed by atoms with Gasteiger partial charge in [-0.15, -0.1) is 0 Å². The number of fused-ring (bicyclic) bond motifs is 2. The lowest BCUT2D eigenvalue weighted by Gasteiger charge is -2.20. The summed E-state index contributed by atoms with van der Waals surface area (Å²) in [5.74, 6) is 0.784. The molecule has 0 bridgehead atoms. The van der Waals surface area contributed by atoms with Crippen LogP contribution in [0.25, 0.3) is 0 Å². The lowest BCUT2D eigenvalue weighted by Crippen LogP contribution is -2.35. The Morgan fingerprint density at radius 1 is 1.22 bits per heavy atom. The smallest absolute Gasteiger partial charge is 0.399 e. The molecule has 2 aliphatic heterocycles. The van der Waals surface area contributed by atoms with Crippen molar-refractivity contribution in [3.05, 3.63) is 17.7 Å². The molecule has 1 amide bonds. The molecule has 3 rings (SSSR count). The van der Waals surface area contributed by atoms with Gasteiger partial charge >= 0.3 is 10.4 Å². The van der Waals surface area contributed by atoms with E-state index in [2.05, 4.69) is 13.4 Å². The zero-order valence-electron chi connectivity index (χ0n) is 15.2. The van der Waals surface area contributed by atoms with Crippen molar-refractivity contribution in [1.29, 1.82) is 0 Å². The Morgan fingerprint density at radius 2 is 2.04 bits per heavy atom. The fourth-order valence-corrected chi connectivity index (χ4v) is 3.49. The second kappa shape index (κ2) is 8.24. The van der Waals surface area contributed by atoms with Gasteiger partial charge in [0.1, 0.15) is 0 Å². The van der Waals surface area contributed by atoms with Crippen LogP contribution in [0.4, 0.5) is 5.69 Å². The SMILES string of the molecule is COc1cc2c(cc1OCCCOS(=O)(=O)OC)N=C[C@@H]1CCCN1C2=O. The van der Waals surface area contributed by atoms with Crippen LogP contribution in [0.1, 0.15) is 29.6 Å². The molecule has 0 aromatic heterocycles. The minimum atomic E-state index is -3.95. The average Bonchev–Trinajstić information content (AvgIpc) is 3.09. The molecule has 0 unspecified atom stereocenters. The maximum absolute atomic E-state index is 12.8. The Balaban J connectivity index is 1.70. The highest BCUT2D eigenvalue weighted by atomic mass is 32.3. The maximum Gasteiger partial charge on any atom is 0.399 e. The molecule has 1 fully saturated rings. The van der Waals surface area contributed by atoms with Crippen LogP contribution in [0.3, 0.4) is 0 Å². The van der Waals surface area contributed by atoms with Gasteiger partial charge in [0.05, 0.1) is 44.7 Å². The van der Waals surface area contributed by atoms with Gasteiger partial charge in [0, 0.05) is 25.2 Å². The number of hydrogen-bond acceptors (Lipinski definition) is 8. The van der Waals surface area contributed by atoms with Crippen LogP contribution in [-0.4, -0.2) is 65.5 Å². The monoisotopic (exact) mass is 398 g/mol. The molecular formula is C17H22N2O7S. The van der Waals surface area contributed by atoms with Crippen molar-refractivity contribution in [3.8, 4) is 11.5 Å². The van der Waals surface area contributed by atoms with E-state index in [0.29, 0.717) is 29.2 Å². The molecule has 148 valence electrons. The largest absolute Gasteiger partial charge is 0.493 e. The van der Waals surface area contributed by atoms with Crippen molar-refractivity contribution in [1.82, 2.24) is 4.90 Å². The van der Waals surface area contributed by atoms with E-state index in [1.807, 2.05) is 4.90 Å². The quantitative estimate of drug-likeness (QED) is 0.614. The first-order valence-electron chi connectivity index (χ1n) is 8.60. The van der Waals surface area contributed by atoms with Crippen LogP contribution in [0.5, 0.6) is 11.5 Å². The van der Waals surface area contributed by atoms with Gasteiger partial charge in [-0.2, -0.15) is 8.42 Å². The van der Waals surface area contributed by atoms with Crippen LogP contribution in [0.2, 0.25) is 0 Å².